The minimum atomic E-state index is -0.0908. The highest BCUT2D eigenvalue weighted by Crippen LogP contribution is 2.09. The molecule has 0 aromatic heterocycles. The number of hydrogen-bond donors (Lipinski definition) is 1. The standard InChI is InChI=1S/C13H25NO2/c1-16-13(15)11-9-7-5-3-2-4-6-8-10-12-14/h8,10H,2-7,9,11-12,14H2,1H3. The van der Waals surface area contributed by atoms with Gasteiger partial charge < -0.3 is 10.5 Å². The number of allylic oxidation sites excluding steroid dienone is 1. The summed E-state index contributed by atoms with van der Waals surface area (Å²) in [4.78, 5) is 10.8. The van der Waals surface area contributed by atoms with Gasteiger partial charge in [0.15, 0.2) is 0 Å². The van der Waals surface area contributed by atoms with Crippen molar-refractivity contribution >= 4 is 5.97 Å². The van der Waals surface area contributed by atoms with Crippen molar-refractivity contribution in [3.05, 3.63) is 12.2 Å². The summed E-state index contributed by atoms with van der Waals surface area (Å²) in [5.41, 5.74) is 5.34. The molecule has 16 heavy (non-hydrogen) atoms. The van der Waals surface area contributed by atoms with Crippen molar-refractivity contribution in [1.29, 1.82) is 0 Å². The first-order valence-electron chi connectivity index (χ1n) is 6.23. The third kappa shape index (κ3) is 11.2. The number of nitrogens with two attached hydrogens (primary N) is 1. The quantitative estimate of drug-likeness (QED) is 0.355. The fraction of sp³-hybridized carbons (Fsp3) is 0.769. The second-order valence-corrected chi connectivity index (χ2v) is 3.94. The highest BCUT2D eigenvalue weighted by Gasteiger charge is 1.98. The van der Waals surface area contributed by atoms with Gasteiger partial charge in [-0.2, -0.15) is 0 Å². The predicted molar refractivity (Wildman–Crippen MR) is 67.1 cm³/mol. The third-order valence-electron chi connectivity index (χ3n) is 2.53. The first kappa shape index (κ1) is 15.2. The molecular weight excluding hydrogens is 202 g/mol. The Hall–Kier alpha value is -0.830. The summed E-state index contributed by atoms with van der Waals surface area (Å²) in [5, 5.41) is 0. The van der Waals surface area contributed by atoms with E-state index >= 15 is 0 Å². The molecule has 0 unspecified atom stereocenters. The van der Waals surface area contributed by atoms with Gasteiger partial charge in [-0.25, -0.2) is 0 Å². The lowest BCUT2D eigenvalue weighted by Gasteiger charge is -2.00. The van der Waals surface area contributed by atoms with Crippen molar-refractivity contribution in [2.45, 2.75) is 51.4 Å². The van der Waals surface area contributed by atoms with Crippen LogP contribution in [0.15, 0.2) is 12.2 Å². The highest BCUT2D eigenvalue weighted by molar-refractivity contribution is 5.68. The van der Waals surface area contributed by atoms with Gasteiger partial charge in [0.2, 0.25) is 0 Å². The maximum atomic E-state index is 10.8. The van der Waals surface area contributed by atoms with Gasteiger partial charge in [0.05, 0.1) is 7.11 Å². The van der Waals surface area contributed by atoms with Crippen molar-refractivity contribution in [2.24, 2.45) is 5.73 Å². The van der Waals surface area contributed by atoms with Gasteiger partial charge in [-0.1, -0.05) is 37.8 Å². The number of methoxy groups -OCH3 is 1. The smallest absolute Gasteiger partial charge is 0.305 e. The van der Waals surface area contributed by atoms with Crippen LogP contribution in [-0.4, -0.2) is 19.6 Å². The summed E-state index contributed by atoms with van der Waals surface area (Å²) in [6.45, 7) is 0.646. The summed E-state index contributed by atoms with van der Waals surface area (Å²) in [5.74, 6) is -0.0908. The maximum Gasteiger partial charge on any atom is 0.305 e. The van der Waals surface area contributed by atoms with Crippen LogP contribution < -0.4 is 5.73 Å². The Morgan fingerprint density at radius 1 is 1.06 bits per heavy atom. The second kappa shape index (κ2) is 12.2. The Kier molecular flexibility index (Phi) is 11.6. The molecule has 0 aromatic carbocycles. The lowest BCUT2D eigenvalue weighted by Crippen LogP contribution is -1.99. The number of rotatable bonds is 10. The Morgan fingerprint density at radius 2 is 1.69 bits per heavy atom. The topological polar surface area (TPSA) is 52.3 Å². The van der Waals surface area contributed by atoms with E-state index in [-0.39, 0.29) is 5.97 Å². The zero-order valence-corrected chi connectivity index (χ0v) is 10.4. The molecule has 94 valence electrons. The van der Waals surface area contributed by atoms with Crippen LogP contribution in [0.4, 0.5) is 0 Å². The van der Waals surface area contributed by atoms with Crippen LogP contribution in [0.2, 0.25) is 0 Å². The van der Waals surface area contributed by atoms with E-state index in [0.29, 0.717) is 13.0 Å². The summed E-state index contributed by atoms with van der Waals surface area (Å²) in [6.07, 6.45) is 13.0. The van der Waals surface area contributed by atoms with Crippen LogP contribution in [0.5, 0.6) is 0 Å². The maximum absolute atomic E-state index is 10.8. The van der Waals surface area contributed by atoms with Gasteiger partial charge in [0, 0.05) is 13.0 Å². The van der Waals surface area contributed by atoms with Crippen molar-refractivity contribution in [3.63, 3.8) is 0 Å². The molecule has 0 radical (unpaired) electrons. The van der Waals surface area contributed by atoms with Gasteiger partial charge in [-0.3, -0.25) is 4.79 Å². The molecule has 0 atom stereocenters. The Labute approximate surface area is 99.0 Å². The van der Waals surface area contributed by atoms with E-state index < -0.39 is 0 Å². The number of carbonyl (C=O) groups excluding carboxylic acids is 1. The normalized spacial score (nSPS) is 10.9. The largest absolute Gasteiger partial charge is 0.469 e. The zero-order valence-electron chi connectivity index (χ0n) is 10.4. The SMILES string of the molecule is COC(=O)CCCCCCCCC=CCN. The third-order valence-corrected chi connectivity index (χ3v) is 2.53. The number of ether oxygens (including phenoxy) is 1. The van der Waals surface area contributed by atoms with E-state index in [1.54, 1.807) is 0 Å². The average Bonchev–Trinajstić information content (AvgIpc) is 2.31. The van der Waals surface area contributed by atoms with E-state index in [1.807, 2.05) is 6.08 Å². The molecule has 0 saturated heterocycles. The molecule has 0 fully saturated rings. The zero-order chi connectivity index (χ0) is 12.1. The number of unbranched alkanes of at least 4 members (excludes halogenated alkanes) is 6. The van der Waals surface area contributed by atoms with Crippen LogP contribution in [-0.2, 0) is 9.53 Å². The molecule has 3 heteroatoms. The van der Waals surface area contributed by atoms with E-state index in [1.165, 1.54) is 32.8 Å². The molecule has 2 N–H and O–H groups in total. The van der Waals surface area contributed by atoms with Crippen molar-refractivity contribution in [3.8, 4) is 0 Å². The second-order valence-electron chi connectivity index (χ2n) is 3.94. The summed E-state index contributed by atoms with van der Waals surface area (Å²) in [7, 11) is 1.44. The number of hydrogen-bond acceptors (Lipinski definition) is 3. The molecule has 0 aliphatic heterocycles. The summed E-state index contributed by atoms with van der Waals surface area (Å²) in [6, 6.07) is 0. The molecule has 0 aliphatic carbocycles. The van der Waals surface area contributed by atoms with Crippen molar-refractivity contribution in [1.82, 2.24) is 0 Å². The van der Waals surface area contributed by atoms with E-state index in [9.17, 15) is 4.79 Å². The summed E-state index contributed by atoms with van der Waals surface area (Å²) >= 11 is 0. The lowest BCUT2D eigenvalue weighted by atomic mass is 10.1. The van der Waals surface area contributed by atoms with Gasteiger partial charge in [0.25, 0.3) is 0 Å². The first-order chi connectivity index (χ1) is 7.81. The van der Waals surface area contributed by atoms with Gasteiger partial charge in [-0.15, -0.1) is 0 Å². The minimum absolute atomic E-state index is 0.0908. The predicted octanol–water partition coefficient (Wildman–Crippen LogP) is 2.80. The molecule has 0 aliphatic rings. The fourth-order valence-electron chi connectivity index (χ4n) is 1.55. The molecule has 3 nitrogen and oxygen atoms in total. The van der Waals surface area contributed by atoms with E-state index in [4.69, 9.17) is 5.73 Å². The van der Waals surface area contributed by atoms with Crippen LogP contribution in [0, 0.1) is 0 Å². The monoisotopic (exact) mass is 227 g/mol. The average molecular weight is 227 g/mol. The van der Waals surface area contributed by atoms with Crippen LogP contribution >= 0.6 is 0 Å². The molecular formula is C13H25NO2. The summed E-state index contributed by atoms with van der Waals surface area (Å²) < 4.78 is 4.58. The van der Waals surface area contributed by atoms with Gasteiger partial charge in [0.1, 0.15) is 0 Å². The number of esters is 1. The molecule has 0 heterocycles. The lowest BCUT2D eigenvalue weighted by molar-refractivity contribution is -0.140. The van der Waals surface area contributed by atoms with Crippen LogP contribution in [0.1, 0.15) is 51.4 Å². The first-order valence-corrected chi connectivity index (χ1v) is 6.23. The van der Waals surface area contributed by atoms with Crippen molar-refractivity contribution < 1.29 is 9.53 Å². The van der Waals surface area contributed by atoms with Crippen LogP contribution in [0.3, 0.4) is 0 Å². The molecule has 0 saturated carbocycles. The highest BCUT2D eigenvalue weighted by atomic mass is 16.5. The molecule has 0 rings (SSSR count). The molecule has 0 amide bonds. The minimum Gasteiger partial charge on any atom is -0.469 e. The van der Waals surface area contributed by atoms with Crippen molar-refractivity contribution in [2.75, 3.05) is 13.7 Å². The van der Waals surface area contributed by atoms with E-state index in [0.717, 1.165) is 19.3 Å². The van der Waals surface area contributed by atoms with Gasteiger partial charge in [-0.05, 0) is 19.3 Å². The Morgan fingerprint density at radius 3 is 2.31 bits per heavy atom. The molecule has 0 aromatic rings. The Bertz CT molecular complexity index is 190. The molecule has 0 bridgehead atoms. The fourth-order valence-corrected chi connectivity index (χ4v) is 1.55. The van der Waals surface area contributed by atoms with E-state index in [2.05, 4.69) is 10.8 Å². The van der Waals surface area contributed by atoms with Gasteiger partial charge >= 0.3 is 5.97 Å². The van der Waals surface area contributed by atoms with Crippen LogP contribution in [0.25, 0.3) is 0 Å². The number of carbonyl (C=O) groups is 1. The molecule has 0 spiro atoms. The Balaban J connectivity index is 3.04.